The fraction of sp³-hybridized carbons (Fsp3) is 0.455. The molecule has 1 aliphatic heterocycles. The normalized spacial score (nSPS) is 14.1. The highest BCUT2D eigenvalue weighted by Crippen LogP contribution is 2.22. The number of guanidine groups is 1. The van der Waals surface area contributed by atoms with E-state index in [0.717, 1.165) is 44.2 Å². The lowest BCUT2D eigenvalue weighted by atomic mass is 10.2. The molecule has 3 rings (SSSR count). The topological polar surface area (TPSA) is 60.4 Å². The van der Waals surface area contributed by atoms with Gasteiger partial charge in [-0.05, 0) is 42.1 Å². The molecule has 1 aromatic carbocycles. The van der Waals surface area contributed by atoms with E-state index in [9.17, 15) is 4.79 Å². The van der Waals surface area contributed by atoms with E-state index in [2.05, 4.69) is 39.6 Å². The minimum atomic E-state index is -0.0606. The molecule has 0 spiro atoms. The highest BCUT2D eigenvalue weighted by atomic mass is 127. The van der Waals surface area contributed by atoms with Crippen LogP contribution in [0.5, 0.6) is 5.75 Å². The van der Waals surface area contributed by atoms with Crippen LogP contribution in [0.4, 0.5) is 5.00 Å². The van der Waals surface area contributed by atoms with Gasteiger partial charge in [-0.1, -0.05) is 12.1 Å². The second-order valence-electron chi connectivity index (χ2n) is 7.32. The van der Waals surface area contributed by atoms with Gasteiger partial charge in [-0.25, -0.2) is 4.99 Å². The summed E-state index contributed by atoms with van der Waals surface area (Å²) in [6, 6.07) is 12.1. The van der Waals surface area contributed by atoms with Crippen LogP contribution in [0, 0.1) is 0 Å². The molecule has 0 unspecified atom stereocenters. The van der Waals surface area contributed by atoms with Gasteiger partial charge in [-0.2, -0.15) is 0 Å². The Kier molecular flexibility index (Phi) is 10.4. The number of nitrogens with one attached hydrogen (secondary N) is 1. The lowest BCUT2D eigenvalue weighted by Crippen LogP contribution is -2.52. The van der Waals surface area contributed by atoms with Crippen LogP contribution in [0.3, 0.4) is 0 Å². The average Bonchev–Trinajstić information content (AvgIpc) is 3.30. The van der Waals surface area contributed by atoms with Crippen molar-refractivity contribution in [2.75, 3.05) is 58.3 Å². The number of carbonyl (C=O) groups is 1. The number of amides is 1. The van der Waals surface area contributed by atoms with E-state index in [-0.39, 0.29) is 36.5 Å². The van der Waals surface area contributed by atoms with Gasteiger partial charge in [0, 0.05) is 46.8 Å². The molecule has 2 heterocycles. The molecule has 31 heavy (non-hydrogen) atoms. The lowest BCUT2D eigenvalue weighted by Gasteiger charge is -2.37. The third-order valence-corrected chi connectivity index (χ3v) is 5.83. The third kappa shape index (κ3) is 7.57. The molecule has 1 saturated heterocycles. The van der Waals surface area contributed by atoms with Gasteiger partial charge in [0.05, 0.1) is 11.5 Å². The molecule has 7 nitrogen and oxygen atoms in total. The van der Waals surface area contributed by atoms with Crippen LogP contribution in [0.15, 0.2) is 46.8 Å². The Balaban J connectivity index is 0.00000341. The number of aliphatic imine (C=N–C) groups is 1. The summed E-state index contributed by atoms with van der Waals surface area (Å²) in [7, 11) is 3.44. The predicted octanol–water partition coefficient (Wildman–Crippen LogP) is 3.12. The number of anilines is 1. The van der Waals surface area contributed by atoms with Gasteiger partial charge >= 0.3 is 0 Å². The first-order valence-corrected chi connectivity index (χ1v) is 11.2. The summed E-state index contributed by atoms with van der Waals surface area (Å²) in [6.45, 7) is 7.40. The number of carbonyl (C=O) groups excluding carboxylic acids is 1. The number of piperazine rings is 1. The van der Waals surface area contributed by atoms with E-state index < -0.39 is 0 Å². The van der Waals surface area contributed by atoms with Gasteiger partial charge in [0.25, 0.3) is 5.91 Å². The minimum absolute atomic E-state index is 0. The zero-order valence-corrected chi connectivity index (χ0v) is 21.6. The van der Waals surface area contributed by atoms with Gasteiger partial charge in [0.2, 0.25) is 0 Å². The molecule has 1 amide bonds. The summed E-state index contributed by atoms with van der Waals surface area (Å²) in [5.74, 6) is 1.57. The smallest absolute Gasteiger partial charge is 0.259 e. The molecule has 0 saturated carbocycles. The molecule has 170 valence electrons. The number of hydrogen-bond acceptors (Lipinski definition) is 5. The number of rotatable bonds is 7. The summed E-state index contributed by atoms with van der Waals surface area (Å²) in [5.41, 5.74) is 1.05. The number of ether oxygens (including phenoxy) is 1. The molecule has 1 aliphatic rings. The Morgan fingerprint density at radius 2 is 1.97 bits per heavy atom. The minimum Gasteiger partial charge on any atom is -0.484 e. The van der Waals surface area contributed by atoms with Crippen molar-refractivity contribution in [1.29, 1.82) is 0 Å². The monoisotopic (exact) mass is 557 g/mol. The maximum absolute atomic E-state index is 11.7. The summed E-state index contributed by atoms with van der Waals surface area (Å²) >= 11 is 1.79. The zero-order valence-electron chi connectivity index (χ0n) is 18.4. The van der Waals surface area contributed by atoms with Crippen LogP contribution in [-0.2, 0) is 11.3 Å². The maximum Gasteiger partial charge on any atom is 0.259 e. The van der Waals surface area contributed by atoms with E-state index in [4.69, 9.17) is 9.73 Å². The molecule has 1 fully saturated rings. The van der Waals surface area contributed by atoms with Crippen molar-refractivity contribution in [3.05, 3.63) is 47.3 Å². The van der Waals surface area contributed by atoms with Crippen LogP contribution < -0.4 is 15.0 Å². The molecule has 1 N–H and O–H groups in total. The summed E-state index contributed by atoms with van der Waals surface area (Å²) in [5, 5.41) is 6.88. The molecule has 1 aromatic heterocycles. The van der Waals surface area contributed by atoms with Gasteiger partial charge in [0.15, 0.2) is 12.6 Å². The fourth-order valence-corrected chi connectivity index (χ4v) is 3.97. The lowest BCUT2D eigenvalue weighted by molar-refractivity contribution is -0.130. The number of halogens is 1. The van der Waals surface area contributed by atoms with E-state index in [1.807, 2.05) is 24.3 Å². The Labute approximate surface area is 206 Å². The van der Waals surface area contributed by atoms with Crippen LogP contribution in [0.25, 0.3) is 0 Å². The van der Waals surface area contributed by atoms with Crippen molar-refractivity contribution in [2.24, 2.45) is 4.99 Å². The Hall–Kier alpha value is -2.01. The van der Waals surface area contributed by atoms with Crippen molar-refractivity contribution in [3.8, 4) is 5.75 Å². The molecule has 2 aromatic rings. The van der Waals surface area contributed by atoms with Crippen LogP contribution in [0.1, 0.15) is 12.5 Å². The Morgan fingerprint density at radius 3 is 2.61 bits per heavy atom. The molecule has 9 heteroatoms. The molecule has 0 radical (unpaired) electrons. The van der Waals surface area contributed by atoms with E-state index in [1.54, 1.807) is 25.4 Å². The standard InChI is InChI=1S/C22H31N5O2S.HI/c1-4-23-22(27-12-10-26(11-13-27)21-9-6-14-30-21)24-16-18-7-5-8-19(15-18)29-17-20(28)25(2)3;/h5-9,14-15H,4,10-13,16-17H2,1-3H3,(H,23,24);1H. The van der Waals surface area contributed by atoms with Crippen molar-refractivity contribution in [3.63, 3.8) is 0 Å². The van der Waals surface area contributed by atoms with Crippen molar-refractivity contribution >= 4 is 52.2 Å². The van der Waals surface area contributed by atoms with Gasteiger partial charge < -0.3 is 24.8 Å². The second-order valence-corrected chi connectivity index (χ2v) is 8.25. The van der Waals surface area contributed by atoms with E-state index in [0.29, 0.717) is 12.3 Å². The van der Waals surface area contributed by atoms with Crippen LogP contribution >= 0.6 is 35.3 Å². The Morgan fingerprint density at radius 1 is 1.19 bits per heavy atom. The van der Waals surface area contributed by atoms with Gasteiger partial charge in [0.1, 0.15) is 5.75 Å². The number of nitrogens with zero attached hydrogens (tertiary/aromatic N) is 4. The highest BCUT2D eigenvalue weighted by Gasteiger charge is 2.20. The Bertz CT molecular complexity index is 836. The molecule has 0 atom stereocenters. The fourth-order valence-electron chi connectivity index (χ4n) is 3.19. The number of thiophene rings is 1. The first-order valence-electron chi connectivity index (χ1n) is 10.3. The zero-order chi connectivity index (χ0) is 21.3. The van der Waals surface area contributed by atoms with E-state index >= 15 is 0 Å². The quantitative estimate of drug-likeness (QED) is 0.322. The second kappa shape index (κ2) is 12.7. The summed E-state index contributed by atoms with van der Waals surface area (Å²) in [4.78, 5) is 22.8. The largest absolute Gasteiger partial charge is 0.484 e. The number of likely N-dealkylation sites (N-methyl/N-ethyl adjacent to an activating group) is 1. The number of benzene rings is 1. The third-order valence-electron chi connectivity index (χ3n) is 4.90. The first kappa shape index (κ1) is 25.3. The summed E-state index contributed by atoms with van der Waals surface area (Å²) in [6.07, 6.45) is 0. The first-order chi connectivity index (χ1) is 14.6. The highest BCUT2D eigenvalue weighted by molar-refractivity contribution is 14.0. The maximum atomic E-state index is 11.7. The van der Waals surface area contributed by atoms with Crippen LogP contribution in [0.2, 0.25) is 0 Å². The average molecular weight is 558 g/mol. The SMILES string of the molecule is CCNC(=NCc1cccc(OCC(=O)N(C)C)c1)N1CCN(c2cccs2)CC1.I. The molecular formula is C22H32IN5O2S. The predicted molar refractivity (Wildman–Crippen MR) is 139 cm³/mol. The molecular weight excluding hydrogens is 525 g/mol. The number of hydrogen-bond donors (Lipinski definition) is 1. The van der Waals surface area contributed by atoms with Gasteiger partial charge in [-0.3, -0.25) is 4.79 Å². The molecule has 0 bridgehead atoms. The van der Waals surface area contributed by atoms with Crippen molar-refractivity contribution < 1.29 is 9.53 Å². The van der Waals surface area contributed by atoms with Gasteiger partial charge in [-0.15, -0.1) is 35.3 Å². The van der Waals surface area contributed by atoms with Crippen molar-refractivity contribution in [1.82, 2.24) is 15.1 Å². The van der Waals surface area contributed by atoms with Crippen LogP contribution in [-0.4, -0.2) is 75.1 Å². The van der Waals surface area contributed by atoms with E-state index in [1.165, 1.54) is 9.90 Å². The van der Waals surface area contributed by atoms with Crippen molar-refractivity contribution in [2.45, 2.75) is 13.5 Å². The molecule has 0 aliphatic carbocycles. The summed E-state index contributed by atoms with van der Waals surface area (Å²) < 4.78 is 5.62.